The summed E-state index contributed by atoms with van der Waals surface area (Å²) in [6.45, 7) is 6.69. The molecule has 1 aromatic rings. The lowest BCUT2D eigenvalue weighted by atomic mass is 9.82. The van der Waals surface area contributed by atoms with Gasteiger partial charge in [0, 0.05) is 12.5 Å². The van der Waals surface area contributed by atoms with Gasteiger partial charge in [0.1, 0.15) is 5.75 Å². The van der Waals surface area contributed by atoms with E-state index in [0.717, 1.165) is 30.6 Å². The lowest BCUT2D eigenvalue weighted by Gasteiger charge is -2.28. The van der Waals surface area contributed by atoms with Gasteiger partial charge in [0.25, 0.3) is 0 Å². The van der Waals surface area contributed by atoms with E-state index in [0.29, 0.717) is 6.04 Å². The highest BCUT2D eigenvalue weighted by Crippen LogP contribution is 2.30. The quantitative estimate of drug-likeness (QED) is 0.892. The van der Waals surface area contributed by atoms with Crippen molar-refractivity contribution in [1.82, 2.24) is 5.32 Å². The molecule has 0 bridgehead atoms. The predicted octanol–water partition coefficient (Wildman–Crippen LogP) is 4.10. The minimum Gasteiger partial charge on any atom is -0.493 e. The molecular weight excluding hydrogens is 246 g/mol. The van der Waals surface area contributed by atoms with Gasteiger partial charge in [-0.15, -0.1) is 0 Å². The standard InChI is InChI=1S/C18H27NO/c1-13-4-3-5-15(10-13)12-19-14(2)16-6-7-18-17(11-16)8-9-20-18/h6-7,11,13-15,19H,3-5,8-10,12H2,1-2H3. The van der Waals surface area contributed by atoms with Crippen LogP contribution in [0.25, 0.3) is 0 Å². The third-order valence-electron chi connectivity index (χ3n) is 4.97. The maximum atomic E-state index is 5.58. The molecule has 1 N–H and O–H groups in total. The molecule has 2 heteroatoms. The van der Waals surface area contributed by atoms with Crippen LogP contribution < -0.4 is 10.1 Å². The van der Waals surface area contributed by atoms with Crippen LogP contribution >= 0.6 is 0 Å². The van der Waals surface area contributed by atoms with Gasteiger partial charge in [-0.25, -0.2) is 0 Å². The van der Waals surface area contributed by atoms with E-state index in [-0.39, 0.29) is 0 Å². The molecule has 2 nitrogen and oxygen atoms in total. The molecule has 0 radical (unpaired) electrons. The highest BCUT2D eigenvalue weighted by Gasteiger charge is 2.20. The molecule has 1 fully saturated rings. The first-order chi connectivity index (χ1) is 9.72. The Bertz CT molecular complexity index is 457. The average Bonchev–Trinajstić information content (AvgIpc) is 2.92. The molecule has 1 aromatic carbocycles. The number of benzene rings is 1. The molecule has 0 saturated heterocycles. The van der Waals surface area contributed by atoms with Gasteiger partial charge in [0.2, 0.25) is 0 Å². The van der Waals surface area contributed by atoms with Crippen LogP contribution in [0.4, 0.5) is 0 Å². The SMILES string of the molecule is CC1CCCC(CNC(C)c2ccc3c(c2)CCO3)C1. The molecule has 1 saturated carbocycles. The molecule has 0 aromatic heterocycles. The normalized spacial score (nSPS) is 26.9. The number of nitrogens with one attached hydrogen (secondary N) is 1. The zero-order valence-electron chi connectivity index (χ0n) is 12.8. The van der Waals surface area contributed by atoms with Crippen molar-refractivity contribution in [3.63, 3.8) is 0 Å². The Morgan fingerprint density at radius 2 is 2.25 bits per heavy atom. The summed E-state index contributed by atoms with van der Waals surface area (Å²) in [6, 6.07) is 7.12. The molecule has 1 aliphatic heterocycles. The van der Waals surface area contributed by atoms with E-state index < -0.39 is 0 Å². The number of ether oxygens (including phenoxy) is 1. The van der Waals surface area contributed by atoms with Crippen LogP contribution in [0.5, 0.6) is 5.75 Å². The van der Waals surface area contributed by atoms with Gasteiger partial charge in [-0.1, -0.05) is 31.9 Å². The Labute approximate surface area is 122 Å². The first-order valence-electron chi connectivity index (χ1n) is 8.21. The highest BCUT2D eigenvalue weighted by atomic mass is 16.5. The average molecular weight is 273 g/mol. The zero-order chi connectivity index (χ0) is 13.9. The lowest BCUT2D eigenvalue weighted by molar-refractivity contribution is 0.268. The predicted molar refractivity (Wildman–Crippen MR) is 83.2 cm³/mol. The fraction of sp³-hybridized carbons (Fsp3) is 0.667. The van der Waals surface area contributed by atoms with E-state index >= 15 is 0 Å². The van der Waals surface area contributed by atoms with Crippen molar-refractivity contribution < 1.29 is 4.74 Å². The fourth-order valence-electron chi connectivity index (χ4n) is 3.68. The first-order valence-corrected chi connectivity index (χ1v) is 8.21. The maximum Gasteiger partial charge on any atom is 0.122 e. The minimum atomic E-state index is 0.443. The molecular formula is C18H27NO. The fourth-order valence-corrected chi connectivity index (χ4v) is 3.68. The number of rotatable bonds is 4. The summed E-state index contributed by atoms with van der Waals surface area (Å²) in [4.78, 5) is 0. The summed E-state index contributed by atoms with van der Waals surface area (Å²) in [5.74, 6) is 2.88. The summed E-state index contributed by atoms with van der Waals surface area (Å²) in [7, 11) is 0. The van der Waals surface area contributed by atoms with Gasteiger partial charge in [0.05, 0.1) is 6.61 Å². The van der Waals surface area contributed by atoms with Crippen LogP contribution in [0.1, 0.15) is 56.7 Å². The van der Waals surface area contributed by atoms with Crippen molar-refractivity contribution in [3.05, 3.63) is 29.3 Å². The van der Waals surface area contributed by atoms with Crippen molar-refractivity contribution >= 4 is 0 Å². The van der Waals surface area contributed by atoms with Crippen molar-refractivity contribution in [2.75, 3.05) is 13.2 Å². The molecule has 3 atom stereocenters. The van der Waals surface area contributed by atoms with E-state index in [2.05, 4.69) is 37.4 Å². The molecule has 20 heavy (non-hydrogen) atoms. The van der Waals surface area contributed by atoms with E-state index in [1.165, 1.54) is 43.4 Å². The van der Waals surface area contributed by atoms with Crippen LogP contribution in [-0.4, -0.2) is 13.2 Å². The first kappa shape index (κ1) is 13.9. The van der Waals surface area contributed by atoms with Gasteiger partial charge < -0.3 is 10.1 Å². The third-order valence-corrected chi connectivity index (χ3v) is 4.97. The summed E-state index contributed by atoms with van der Waals surface area (Å²) in [6.07, 6.45) is 6.71. The summed E-state index contributed by atoms with van der Waals surface area (Å²) >= 11 is 0. The van der Waals surface area contributed by atoms with E-state index in [1.807, 2.05) is 0 Å². The largest absolute Gasteiger partial charge is 0.493 e. The summed E-state index contributed by atoms with van der Waals surface area (Å²) < 4.78 is 5.58. The molecule has 1 heterocycles. The van der Waals surface area contributed by atoms with Crippen molar-refractivity contribution in [3.8, 4) is 5.75 Å². The van der Waals surface area contributed by atoms with Gasteiger partial charge in [-0.2, -0.15) is 0 Å². The monoisotopic (exact) mass is 273 g/mol. The van der Waals surface area contributed by atoms with E-state index in [9.17, 15) is 0 Å². The number of fused-ring (bicyclic) bond motifs is 1. The number of hydrogen-bond acceptors (Lipinski definition) is 2. The molecule has 0 amide bonds. The van der Waals surface area contributed by atoms with Crippen molar-refractivity contribution in [1.29, 1.82) is 0 Å². The van der Waals surface area contributed by atoms with Gasteiger partial charge >= 0.3 is 0 Å². The van der Waals surface area contributed by atoms with Crippen molar-refractivity contribution in [2.45, 2.75) is 52.0 Å². The minimum absolute atomic E-state index is 0.443. The van der Waals surface area contributed by atoms with Gasteiger partial charge in [-0.05, 0) is 55.3 Å². The summed E-state index contributed by atoms with van der Waals surface area (Å²) in [5.41, 5.74) is 2.78. The van der Waals surface area contributed by atoms with Gasteiger partial charge in [-0.3, -0.25) is 0 Å². The second kappa shape index (κ2) is 6.17. The Morgan fingerprint density at radius 1 is 1.35 bits per heavy atom. The van der Waals surface area contributed by atoms with Crippen LogP contribution in [0.15, 0.2) is 18.2 Å². The lowest BCUT2D eigenvalue weighted by Crippen LogP contribution is -2.28. The van der Waals surface area contributed by atoms with Crippen LogP contribution in [-0.2, 0) is 6.42 Å². The second-order valence-electron chi connectivity index (χ2n) is 6.73. The molecule has 0 spiro atoms. The van der Waals surface area contributed by atoms with E-state index in [1.54, 1.807) is 0 Å². The Kier molecular flexibility index (Phi) is 4.30. The molecule has 2 aliphatic rings. The van der Waals surface area contributed by atoms with Crippen LogP contribution in [0.2, 0.25) is 0 Å². The molecule has 1 aliphatic carbocycles. The Hall–Kier alpha value is -1.02. The zero-order valence-corrected chi connectivity index (χ0v) is 12.8. The highest BCUT2D eigenvalue weighted by molar-refractivity contribution is 5.40. The Balaban J connectivity index is 1.55. The Morgan fingerprint density at radius 3 is 3.10 bits per heavy atom. The van der Waals surface area contributed by atoms with E-state index in [4.69, 9.17) is 4.74 Å². The second-order valence-corrected chi connectivity index (χ2v) is 6.73. The number of hydrogen-bond donors (Lipinski definition) is 1. The van der Waals surface area contributed by atoms with Crippen molar-refractivity contribution in [2.24, 2.45) is 11.8 Å². The van der Waals surface area contributed by atoms with Gasteiger partial charge in [0.15, 0.2) is 0 Å². The third kappa shape index (κ3) is 3.17. The van der Waals surface area contributed by atoms with Crippen LogP contribution in [0.3, 0.4) is 0 Å². The molecule has 110 valence electrons. The topological polar surface area (TPSA) is 21.3 Å². The van der Waals surface area contributed by atoms with Crippen LogP contribution in [0, 0.1) is 11.8 Å². The maximum absolute atomic E-state index is 5.58. The molecule has 3 rings (SSSR count). The smallest absolute Gasteiger partial charge is 0.122 e. The summed E-state index contributed by atoms with van der Waals surface area (Å²) in [5, 5.41) is 3.74. The molecule has 3 unspecified atom stereocenters.